The molecule has 0 unspecified atom stereocenters. The van der Waals surface area contributed by atoms with Gasteiger partial charge in [0.1, 0.15) is 11.4 Å². The molecule has 1 aromatic carbocycles. The van der Waals surface area contributed by atoms with Crippen LogP contribution in [0.2, 0.25) is 0 Å². The summed E-state index contributed by atoms with van der Waals surface area (Å²) < 4.78 is 65.6. The number of alkyl halides is 3. The van der Waals surface area contributed by atoms with E-state index in [9.17, 15) is 21.6 Å². The van der Waals surface area contributed by atoms with E-state index in [0.29, 0.717) is 4.68 Å². The maximum Gasteiger partial charge on any atom is 0.433 e. The lowest BCUT2D eigenvalue weighted by molar-refractivity contribution is -0.143. The minimum Gasteiger partial charge on any atom is -0.438 e. The molecule has 0 saturated carbocycles. The lowest BCUT2D eigenvalue weighted by Gasteiger charge is -2.04. The minimum atomic E-state index is -4.54. The molecule has 0 aliphatic rings. The number of benzene rings is 1. The molecule has 2 rings (SSSR count). The van der Waals surface area contributed by atoms with E-state index in [0.717, 1.165) is 13.1 Å². The summed E-state index contributed by atoms with van der Waals surface area (Å²) in [6, 6.07) is 5.61. The van der Waals surface area contributed by atoms with Crippen molar-refractivity contribution in [3.05, 3.63) is 36.0 Å². The van der Waals surface area contributed by atoms with E-state index in [-0.39, 0.29) is 16.5 Å². The van der Waals surface area contributed by atoms with Crippen molar-refractivity contribution in [1.82, 2.24) is 9.78 Å². The second-order valence-electron chi connectivity index (χ2n) is 4.00. The summed E-state index contributed by atoms with van der Waals surface area (Å²) in [5, 5.41) is 3.57. The summed E-state index contributed by atoms with van der Waals surface area (Å²) in [6.07, 6.45) is -4.54. The molecule has 0 saturated heterocycles. The Bertz CT molecular complexity index is 754. The van der Waals surface area contributed by atoms with Crippen LogP contribution in [0.15, 0.2) is 35.2 Å². The van der Waals surface area contributed by atoms with Gasteiger partial charge in [-0.3, -0.25) is 4.68 Å². The van der Waals surface area contributed by atoms with Gasteiger partial charge in [-0.05, 0) is 24.3 Å². The van der Waals surface area contributed by atoms with Crippen molar-refractivity contribution in [2.75, 3.05) is 0 Å². The smallest absolute Gasteiger partial charge is 0.433 e. The lowest BCUT2D eigenvalue weighted by atomic mass is 10.3. The Hall–Kier alpha value is -1.74. The first-order valence-electron chi connectivity index (χ1n) is 5.41. The van der Waals surface area contributed by atoms with Crippen molar-refractivity contribution in [3.63, 3.8) is 0 Å². The van der Waals surface area contributed by atoms with Crippen LogP contribution in [0.3, 0.4) is 0 Å². The third-order valence-electron chi connectivity index (χ3n) is 2.48. The molecule has 114 valence electrons. The fourth-order valence-electron chi connectivity index (χ4n) is 1.55. The van der Waals surface area contributed by atoms with E-state index >= 15 is 0 Å². The number of aromatic nitrogens is 2. The average molecular weight is 341 g/mol. The van der Waals surface area contributed by atoms with Crippen LogP contribution in [0.5, 0.6) is 11.6 Å². The van der Waals surface area contributed by atoms with Gasteiger partial charge in [-0.15, -0.1) is 5.10 Å². The SMILES string of the molecule is Cn1nc(Oc2ccc(S(=O)(=O)Cl)cc2)cc1C(F)(F)F. The number of hydrogen-bond acceptors (Lipinski definition) is 4. The molecule has 0 radical (unpaired) electrons. The zero-order valence-corrected chi connectivity index (χ0v) is 12.0. The first kappa shape index (κ1) is 15.6. The highest BCUT2D eigenvalue weighted by Gasteiger charge is 2.35. The van der Waals surface area contributed by atoms with Crippen LogP contribution < -0.4 is 4.74 Å². The molecule has 0 atom stereocenters. The molecule has 0 bridgehead atoms. The van der Waals surface area contributed by atoms with E-state index in [1.54, 1.807) is 0 Å². The van der Waals surface area contributed by atoms with Gasteiger partial charge in [0, 0.05) is 23.8 Å². The molecule has 5 nitrogen and oxygen atoms in total. The van der Waals surface area contributed by atoms with Crippen LogP contribution >= 0.6 is 10.7 Å². The van der Waals surface area contributed by atoms with E-state index in [1.807, 2.05) is 0 Å². The summed E-state index contributed by atoms with van der Waals surface area (Å²) in [7, 11) is 2.41. The van der Waals surface area contributed by atoms with Gasteiger partial charge in [0.2, 0.25) is 5.88 Å². The summed E-state index contributed by atoms with van der Waals surface area (Å²) in [5.41, 5.74) is -0.961. The number of ether oxygens (including phenoxy) is 1. The molecule has 21 heavy (non-hydrogen) atoms. The Morgan fingerprint density at radius 1 is 1.24 bits per heavy atom. The molecule has 0 spiro atoms. The molecule has 0 amide bonds. The maximum absolute atomic E-state index is 12.6. The van der Waals surface area contributed by atoms with Crippen LogP contribution in [0.1, 0.15) is 5.69 Å². The highest BCUT2D eigenvalue weighted by atomic mass is 35.7. The van der Waals surface area contributed by atoms with Gasteiger partial charge in [0.05, 0.1) is 4.90 Å². The van der Waals surface area contributed by atoms with Gasteiger partial charge in [0.15, 0.2) is 0 Å². The number of aryl methyl sites for hydroxylation is 1. The number of hydrogen-bond donors (Lipinski definition) is 0. The number of rotatable bonds is 3. The van der Waals surface area contributed by atoms with Crippen LogP contribution in [0, 0.1) is 0 Å². The van der Waals surface area contributed by atoms with Gasteiger partial charge in [-0.25, -0.2) is 8.42 Å². The highest BCUT2D eigenvalue weighted by Crippen LogP contribution is 2.32. The van der Waals surface area contributed by atoms with Crippen molar-refractivity contribution in [2.45, 2.75) is 11.1 Å². The maximum atomic E-state index is 12.6. The quantitative estimate of drug-likeness (QED) is 0.805. The van der Waals surface area contributed by atoms with Crippen molar-refractivity contribution >= 4 is 19.7 Å². The second kappa shape index (κ2) is 5.23. The number of halogens is 4. The predicted octanol–water partition coefficient (Wildman–Crippen LogP) is 3.16. The Kier molecular flexibility index (Phi) is 3.89. The first-order chi connectivity index (χ1) is 9.57. The van der Waals surface area contributed by atoms with Crippen molar-refractivity contribution in [3.8, 4) is 11.6 Å². The van der Waals surface area contributed by atoms with Gasteiger partial charge in [-0.2, -0.15) is 13.2 Å². The first-order valence-corrected chi connectivity index (χ1v) is 7.72. The standard InChI is InChI=1S/C11H8ClF3N2O3S/c1-17-9(11(13,14)15)6-10(16-17)20-7-2-4-8(5-3-7)21(12,18)19/h2-6H,1H3. The topological polar surface area (TPSA) is 61.2 Å². The zero-order valence-electron chi connectivity index (χ0n) is 10.4. The van der Waals surface area contributed by atoms with Crippen LogP contribution in [0.4, 0.5) is 13.2 Å². The third-order valence-corrected chi connectivity index (χ3v) is 3.85. The summed E-state index contributed by atoms with van der Waals surface area (Å²) in [6.45, 7) is 0. The molecule has 0 fully saturated rings. The second-order valence-corrected chi connectivity index (χ2v) is 6.57. The molecular weight excluding hydrogens is 333 g/mol. The van der Waals surface area contributed by atoms with Crippen molar-refractivity contribution < 1.29 is 26.3 Å². The van der Waals surface area contributed by atoms with E-state index in [2.05, 4.69) is 5.10 Å². The van der Waals surface area contributed by atoms with Crippen molar-refractivity contribution in [2.24, 2.45) is 7.05 Å². The Morgan fingerprint density at radius 3 is 2.24 bits per heavy atom. The fraction of sp³-hybridized carbons (Fsp3) is 0.182. The van der Waals surface area contributed by atoms with Crippen LogP contribution in [-0.4, -0.2) is 18.2 Å². The monoisotopic (exact) mass is 340 g/mol. The molecule has 0 aliphatic carbocycles. The fourth-order valence-corrected chi connectivity index (χ4v) is 2.32. The molecular formula is C11H8ClF3N2O3S. The molecule has 1 aromatic heterocycles. The Morgan fingerprint density at radius 2 is 1.81 bits per heavy atom. The van der Waals surface area contributed by atoms with E-state index in [1.165, 1.54) is 24.3 Å². The van der Waals surface area contributed by atoms with Gasteiger partial charge >= 0.3 is 6.18 Å². The molecule has 2 aromatic rings. The molecule has 0 N–H and O–H groups in total. The van der Waals surface area contributed by atoms with E-state index in [4.69, 9.17) is 15.4 Å². The molecule has 0 aliphatic heterocycles. The van der Waals surface area contributed by atoms with Gasteiger partial charge in [-0.1, -0.05) is 0 Å². The predicted molar refractivity (Wildman–Crippen MR) is 67.8 cm³/mol. The zero-order chi connectivity index (χ0) is 15.8. The van der Waals surface area contributed by atoms with Crippen LogP contribution in [-0.2, 0) is 22.3 Å². The van der Waals surface area contributed by atoms with Crippen molar-refractivity contribution in [1.29, 1.82) is 0 Å². The summed E-state index contributed by atoms with van der Waals surface area (Å²) in [4.78, 5) is -0.145. The highest BCUT2D eigenvalue weighted by molar-refractivity contribution is 8.13. The Balaban J connectivity index is 2.23. The largest absolute Gasteiger partial charge is 0.438 e. The normalized spacial score (nSPS) is 12.4. The lowest BCUT2D eigenvalue weighted by Crippen LogP contribution is -2.11. The van der Waals surface area contributed by atoms with E-state index < -0.39 is 20.9 Å². The average Bonchev–Trinajstić information content (AvgIpc) is 2.69. The summed E-state index contributed by atoms with van der Waals surface area (Å²) >= 11 is 0. The summed E-state index contributed by atoms with van der Waals surface area (Å²) in [5.74, 6) is -0.128. The van der Waals surface area contributed by atoms with Crippen LogP contribution in [0.25, 0.3) is 0 Å². The van der Waals surface area contributed by atoms with Gasteiger partial charge < -0.3 is 4.74 Å². The Labute approximate surface area is 122 Å². The third kappa shape index (κ3) is 3.67. The minimum absolute atomic E-state index is 0.130. The molecule has 10 heteroatoms. The van der Waals surface area contributed by atoms with Gasteiger partial charge in [0.25, 0.3) is 9.05 Å². The molecule has 1 heterocycles. The number of nitrogens with zero attached hydrogens (tertiary/aromatic N) is 2.